The highest BCUT2D eigenvalue weighted by atomic mass is 32.2. The van der Waals surface area contributed by atoms with Gasteiger partial charge in [0, 0.05) is 27.4 Å². The summed E-state index contributed by atoms with van der Waals surface area (Å²) in [6.07, 6.45) is 1.94. The lowest BCUT2D eigenvalue weighted by atomic mass is 10.1. The Morgan fingerprint density at radius 2 is 1.66 bits per heavy atom. The van der Waals surface area contributed by atoms with Gasteiger partial charge in [-0.25, -0.2) is 4.98 Å². The number of nitrogens with one attached hydrogen (secondary N) is 2. The van der Waals surface area contributed by atoms with E-state index in [1.165, 1.54) is 28.7 Å². The van der Waals surface area contributed by atoms with Crippen molar-refractivity contribution in [2.24, 2.45) is 5.92 Å². The van der Waals surface area contributed by atoms with Crippen molar-refractivity contribution in [3.63, 3.8) is 0 Å². The molecule has 5 nitrogen and oxygen atoms in total. The SMILES string of the molecule is Cc1ccc(-c2csc(NC(=O)C(Sc3ccc(NC(=O)C4CC4)cc3)c3ccccc3)n2)cc1. The molecule has 0 aliphatic heterocycles. The van der Waals surface area contributed by atoms with Crippen LogP contribution in [-0.4, -0.2) is 16.8 Å². The van der Waals surface area contributed by atoms with Crippen LogP contribution in [0, 0.1) is 12.8 Å². The summed E-state index contributed by atoms with van der Waals surface area (Å²) >= 11 is 2.89. The fraction of sp³-hybridized carbons (Fsp3) is 0.179. The lowest BCUT2D eigenvalue weighted by Crippen LogP contribution is -2.19. The fourth-order valence-electron chi connectivity index (χ4n) is 3.60. The van der Waals surface area contributed by atoms with E-state index in [-0.39, 0.29) is 17.7 Å². The summed E-state index contributed by atoms with van der Waals surface area (Å²) in [5.41, 5.74) is 4.75. The quantitative estimate of drug-likeness (QED) is 0.258. The summed E-state index contributed by atoms with van der Waals surface area (Å²) < 4.78 is 0. The van der Waals surface area contributed by atoms with Gasteiger partial charge in [0.2, 0.25) is 11.8 Å². The van der Waals surface area contributed by atoms with Gasteiger partial charge in [0.1, 0.15) is 5.25 Å². The Bertz CT molecular complexity index is 1310. The van der Waals surface area contributed by atoms with Crippen LogP contribution in [0.4, 0.5) is 10.8 Å². The van der Waals surface area contributed by atoms with E-state index in [2.05, 4.69) is 34.7 Å². The van der Waals surface area contributed by atoms with Gasteiger partial charge in [-0.2, -0.15) is 0 Å². The second-order valence-electron chi connectivity index (χ2n) is 8.59. The summed E-state index contributed by atoms with van der Waals surface area (Å²) in [6, 6.07) is 25.6. The molecule has 1 heterocycles. The summed E-state index contributed by atoms with van der Waals surface area (Å²) in [7, 11) is 0. The average molecular weight is 500 g/mol. The van der Waals surface area contributed by atoms with Crippen LogP contribution in [0.15, 0.2) is 89.1 Å². The van der Waals surface area contributed by atoms with Gasteiger partial charge in [-0.1, -0.05) is 60.2 Å². The van der Waals surface area contributed by atoms with Crippen LogP contribution in [0.3, 0.4) is 0 Å². The van der Waals surface area contributed by atoms with E-state index >= 15 is 0 Å². The number of thioether (sulfide) groups is 1. The highest BCUT2D eigenvalue weighted by Gasteiger charge is 2.29. The minimum absolute atomic E-state index is 0.0837. The Balaban J connectivity index is 1.30. The van der Waals surface area contributed by atoms with E-state index in [1.54, 1.807) is 0 Å². The van der Waals surface area contributed by atoms with Gasteiger partial charge in [0.05, 0.1) is 5.69 Å². The number of hydrogen-bond donors (Lipinski definition) is 2. The zero-order valence-corrected chi connectivity index (χ0v) is 20.9. The zero-order valence-electron chi connectivity index (χ0n) is 19.2. The highest BCUT2D eigenvalue weighted by Crippen LogP contribution is 2.37. The Hall–Kier alpha value is -3.42. The first-order chi connectivity index (χ1) is 17.0. The molecule has 1 unspecified atom stereocenters. The van der Waals surface area contributed by atoms with E-state index in [9.17, 15) is 9.59 Å². The maximum atomic E-state index is 13.4. The summed E-state index contributed by atoms with van der Waals surface area (Å²) in [4.78, 5) is 31.0. The number of nitrogens with zero attached hydrogens (tertiary/aromatic N) is 1. The van der Waals surface area contributed by atoms with Crippen molar-refractivity contribution >= 4 is 45.7 Å². The third kappa shape index (κ3) is 5.99. The first-order valence-electron chi connectivity index (χ1n) is 11.5. The Morgan fingerprint density at radius 1 is 0.943 bits per heavy atom. The van der Waals surface area contributed by atoms with Crippen LogP contribution in [-0.2, 0) is 9.59 Å². The van der Waals surface area contributed by atoms with E-state index in [1.807, 2.05) is 72.1 Å². The van der Waals surface area contributed by atoms with Gasteiger partial charge in [-0.15, -0.1) is 23.1 Å². The van der Waals surface area contributed by atoms with Crippen LogP contribution in [0.5, 0.6) is 0 Å². The van der Waals surface area contributed by atoms with E-state index in [0.717, 1.165) is 40.2 Å². The number of carbonyl (C=O) groups is 2. The number of benzene rings is 3. The van der Waals surface area contributed by atoms with Crippen LogP contribution in [0.1, 0.15) is 29.2 Å². The summed E-state index contributed by atoms with van der Waals surface area (Å²) in [6.45, 7) is 2.05. The molecule has 1 aliphatic rings. The molecule has 1 fully saturated rings. The molecular formula is C28H25N3O2S2. The number of aromatic nitrogens is 1. The predicted molar refractivity (Wildman–Crippen MR) is 144 cm³/mol. The molecule has 1 aromatic heterocycles. The molecule has 0 radical (unpaired) electrons. The molecule has 0 bridgehead atoms. The van der Waals surface area contributed by atoms with Crippen LogP contribution >= 0.6 is 23.1 Å². The molecule has 176 valence electrons. The molecule has 35 heavy (non-hydrogen) atoms. The first kappa shape index (κ1) is 23.3. The molecule has 1 saturated carbocycles. The molecule has 7 heteroatoms. The number of aryl methyl sites for hydroxylation is 1. The number of thiazole rings is 1. The number of carbonyl (C=O) groups excluding carboxylic acids is 2. The van der Waals surface area contributed by atoms with Gasteiger partial charge in [-0.05, 0) is 49.6 Å². The minimum Gasteiger partial charge on any atom is -0.326 e. The van der Waals surface area contributed by atoms with E-state index in [0.29, 0.717) is 5.13 Å². The van der Waals surface area contributed by atoms with Crippen LogP contribution in [0.2, 0.25) is 0 Å². The monoisotopic (exact) mass is 499 g/mol. The van der Waals surface area contributed by atoms with Gasteiger partial charge in [0.25, 0.3) is 0 Å². The molecule has 1 atom stereocenters. The second kappa shape index (κ2) is 10.5. The summed E-state index contributed by atoms with van der Waals surface area (Å²) in [5.74, 6) is 0.116. The molecule has 1 aliphatic carbocycles. The number of anilines is 2. The Kier molecular flexibility index (Phi) is 6.97. The van der Waals surface area contributed by atoms with E-state index < -0.39 is 5.25 Å². The van der Waals surface area contributed by atoms with Crippen molar-refractivity contribution in [1.29, 1.82) is 0 Å². The van der Waals surface area contributed by atoms with Gasteiger partial charge in [-0.3, -0.25) is 9.59 Å². The number of hydrogen-bond acceptors (Lipinski definition) is 5. The average Bonchev–Trinajstić information content (AvgIpc) is 3.64. The Morgan fingerprint density at radius 3 is 2.34 bits per heavy atom. The molecule has 3 aromatic carbocycles. The van der Waals surface area contributed by atoms with Crippen LogP contribution < -0.4 is 10.6 Å². The third-order valence-electron chi connectivity index (χ3n) is 5.75. The minimum atomic E-state index is -0.449. The van der Waals surface area contributed by atoms with Crippen molar-refractivity contribution in [3.8, 4) is 11.3 Å². The van der Waals surface area contributed by atoms with Gasteiger partial charge >= 0.3 is 0 Å². The lowest BCUT2D eigenvalue weighted by Gasteiger charge is -2.16. The van der Waals surface area contributed by atoms with Crippen molar-refractivity contribution in [2.75, 3.05) is 10.6 Å². The normalized spacial score (nSPS) is 13.7. The highest BCUT2D eigenvalue weighted by molar-refractivity contribution is 8.00. The van der Waals surface area contributed by atoms with Crippen molar-refractivity contribution in [1.82, 2.24) is 4.98 Å². The van der Waals surface area contributed by atoms with E-state index in [4.69, 9.17) is 0 Å². The molecule has 2 amide bonds. The Labute approximate surface area is 213 Å². The zero-order chi connectivity index (χ0) is 24.2. The van der Waals surface area contributed by atoms with Gasteiger partial charge < -0.3 is 10.6 Å². The molecule has 2 N–H and O–H groups in total. The topological polar surface area (TPSA) is 71.1 Å². The first-order valence-corrected chi connectivity index (χ1v) is 13.3. The second-order valence-corrected chi connectivity index (χ2v) is 10.6. The molecule has 0 saturated heterocycles. The lowest BCUT2D eigenvalue weighted by molar-refractivity contribution is -0.117. The van der Waals surface area contributed by atoms with Crippen LogP contribution in [0.25, 0.3) is 11.3 Å². The third-order valence-corrected chi connectivity index (χ3v) is 7.77. The smallest absolute Gasteiger partial charge is 0.244 e. The van der Waals surface area contributed by atoms with Gasteiger partial charge in [0.15, 0.2) is 5.13 Å². The molecule has 0 spiro atoms. The van der Waals surface area contributed by atoms with Crippen molar-refractivity contribution in [2.45, 2.75) is 29.9 Å². The largest absolute Gasteiger partial charge is 0.326 e. The predicted octanol–water partition coefficient (Wildman–Crippen LogP) is 6.94. The standard InChI is InChI=1S/C28H25N3O2S2/c1-18-7-9-19(10-8-18)24-17-34-28(30-24)31-27(33)25(20-5-3-2-4-6-20)35-23-15-13-22(14-16-23)29-26(32)21-11-12-21/h2-10,13-17,21,25H,11-12H2,1H3,(H,29,32)(H,30,31,33). The fourth-order valence-corrected chi connectivity index (χ4v) is 5.35. The molecule has 4 aromatic rings. The number of amides is 2. The summed E-state index contributed by atoms with van der Waals surface area (Å²) in [5, 5.41) is 8.05. The molecule has 5 rings (SSSR count). The maximum Gasteiger partial charge on any atom is 0.244 e. The van der Waals surface area contributed by atoms with Crippen molar-refractivity contribution in [3.05, 3.63) is 95.4 Å². The number of rotatable bonds is 8. The van der Waals surface area contributed by atoms with Crippen molar-refractivity contribution < 1.29 is 9.59 Å². The maximum absolute atomic E-state index is 13.4. The molecular weight excluding hydrogens is 474 g/mol.